The molecule has 5 heteroatoms. The number of ether oxygens (including phenoxy) is 1. The molecule has 1 aromatic rings. The Kier molecular flexibility index (Phi) is 8.59. The van der Waals surface area contributed by atoms with Crippen LogP contribution in [-0.4, -0.2) is 30.1 Å². The highest BCUT2D eigenvalue weighted by Gasteiger charge is 2.25. The predicted molar refractivity (Wildman–Crippen MR) is 114 cm³/mol. The maximum absolute atomic E-state index is 13.0. The van der Waals surface area contributed by atoms with Gasteiger partial charge in [0.25, 0.3) is 5.91 Å². The molecule has 154 valence electrons. The molecule has 0 spiro atoms. The molecule has 1 aliphatic heterocycles. The summed E-state index contributed by atoms with van der Waals surface area (Å²) in [5, 5.41) is 2.78. The Hall–Kier alpha value is -2.95. The lowest BCUT2D eigenvalue weighted by molar-refractivity contribution is -0.136. The first-order valence-electron chi connectivity index (χ1n) is 10.0. The summed E-state index contributed by atoms with van der Waals surface area (Å²) >= 11 is 0. The van der Waals surface area contributed by atoms with Crippen LogP contribution in [0.1, 0.15) is 61.9 Å². The SMILES string of the molecule is C=C/C=C1\C=C(/C)c2ccccc2C(=O)N[C@H](C(=O)C(C)=O)CCCCCCO1. The van der Waals surface area contributed by atoms with Crippen molar-refractivity contribution in [2.24, 2.45) is 0 Å². The number of amides is 1. The van der Waals surface area contributed by atoms with Gasteiger partial charge in [0, 0.05) is 12.5 Å². The number of allylic oxidation sites excluding steroid dienone is 4. The number of benzene rings is 1. The monoisotopic (exact) mass is 395 g/mol. The van der Waals surface area contributed by atoms with Crippen LogP contribution in [0.15, 0.2) is 54.8 Å². The summed E-state index contributed by atoms with van der Waals surface area (Å²) in [4.78, 5) is 36.9. The zero-order chi connectivity index (χ0) is 21.2. The van der Waals surface area contributed by atoms with Gasteiger partial charge >= 0.3 is 0 Å². The number of carbonyl (C=O) groups is 3. The first-order valence-corrected chi connectivity index (χ1v) is 10.0. The molecule has 0 radical (unpaired) electrons. The molecule has 1 atom stereocenters. The molecule has 0 fully saturated rings. The Morgan fingerprint density at radius 2 is 1.83 bits per heavy atom. The van der Waals surface area contributed by atoms with Crippen LogP contribution in [0.4, 0.5) is 0 Å². The molecule has 29 heavy (non-hydrogen) atoms. The van der Waals surface area contributed by atoms with Crippen molar-refractivity contribution in [2.75, 3.05) is 6.61 Å². The molecule has 0 unspecified atom stereocenters. The smallest absolute Gasteiger partial charge is 0.252 e. The molecular formula is C24H29NO4. The second kappa shape index (κ2) is 11.1. The van der Waals surface area contributed by atoms with Crippen molar-refractivity contribution in [3.63, 3.8) is 0 Å². The van der Waals surface area contributed by atoms with Crippen LogP contribution in [0, 0.1) is 0 Å². The highest BCUT2D eigenvalue weighted by Crippen LogP contribution is 2.22. The van der Waals surface area contributed by atoms with E-state index in [1.165, 1.54) is 6.92 Å². The van der Waals surface area contributed by atoms with Crippen molar-refractivity contribution < 1.29 is 19.1 Å². The first-order chi connectivity index (χ1) is 13.9. The molecule has 0 aromatic heterocycles. The quantitative estimate of drug-likeness (QED) is 0.770. The fourth-order valence-electron chi connectivity index (χ4n) is 3.31. The minimum Gasteiger partial charge on any atom is -0.494 e. The Balaban J connectivity index is 2.43. The average Bonchev–Trinajstić information content (AvgIpc) is 2.71. The average molecular weight is 395 g/mol. The number of nitrogens with one attached hydrogen (secondary N) is 1. The van der Waals surface area contributed by atoms with E-state index in [4.69, 9.17) is 4.74 Å². The molecule has 5 nitrogen and oxygen atoms in total. The first kappa shape index (κ1) is 22.3. The minimum absolute atomic E-state index is 0.363. The number of hydrogen-bond acceptors (Lipinski definition) is 4. The summed E-state index contributed by atoms with van der Waals surface area (Å²) in [6.07, 6.45) is 9.27. The van der Waals surface area contributed by atoms with Crippen molar-refractivity contribution >= 4 is 23.0 Å². The number of ketones is 2. The number of fused-ring (bicyclic) bond motifs is 1. The van der Waals surface area contributed by atoms with E-state index in [9.17, 15) is 14.4 Å². The fraction of sp³-hybridized carbons (Fsp3) is 0.375. The van der Waals surface area contributed by atoms with Gasteiger partial charge in [-0.25, -0.2) is 0 Å². The molecule has 2 rings (SSSR count). The van der Waals surface area contributed by atoms with Crippen LogP contribution >= 0.6 is 0 Å². The lowest BCUT2D eigenvalue weighted by Gasteiger charge is -2.18. The van der Waals surface area contributed by atoms with Gasteiger partial charge in [-0.1, -0.05) is 50.1 Å². The lowest BCUT2D eigenvalue weighted by Crippen LogP contribution is -2.43. The van der Waals surface area contributed by atoms with Gasteiger partial charge in [-0.2, -0.15) is 0 Å². The van der Waals surface area contributed by atoms with E-state index < -0.39 is 17.6 Å². The summed E-state index contributed by atoms with van der Waals surface area (Å²) < 4.78 is 5.88. The molecule has 1 amide bonds. The van der Waals surface area contributed by atoms with Crippen LogP contribution in [0.25, 0.3) is 5.57 Å². The molecule has 1 heterocycles. The van der Waals surface area contributed by atoms with Gasteiger partial charge in [0.2, 0.25) is 5.78 Å². The molecular weight excluding hydrogens is 366 g/mol. The predicted octanol–water partition coefficient (Wildman–Crippen LogP) is 4.40. The van der Waals surface area contributed by atoms with Gasteiger partial charge in [0.05, 0.1) is 12.6 Å². The van der Waals surface area contributed by atoms with Crippen molar-refractivity contribution in [1.29, 1.82) is 0 Å². The molecule has 1 N–H and O–H groups in total. The van der Waals surface area contributed by atoms with Crippen LogP contribution in [0.5, 0.6) is 0 Å². The van der Waals surface area contributed by atoms with Crippen molar-refractivity contribution in [3.8, 4) is 0 Å². The summed E-state index contributed by atoms with van der Waals surface area (Å²) in [5.74, 6) is -0.762. The third kappa shape index (κ3) is 6.56. The Morgan fingerprint density at radius 3 is 2.52 bits per heavy atom. The van der Waals surface area contributed by atoms with E-state index >= 15 is 0 Å². The van der Waals surface area contributed by atoms with E-state index in [0.717, 1.165) is 36.8 Å². The molecule has 0 saturated carbocycles. The molecule has 0 aliphatic carbocycles. The van der Waals surface area contributed by atoms with E-state index in [0.29, 0.717) is 24.4 Å². The molecule has 1 aliphatic rings. The number of rotatable bonds is 3. The maximum Gasteiger partial charge on any atom is 0.252 e. The van der Waals surface area contributed by atoms with E-state index in [1.54, 1.807) is 24.3 Å². The molecule has 0 saturated heterocycles. The van der Waals surface area contributed by atoms with Gasteiger partial charge in [0.1, 0.15) is 5.76 Å². The Bertz CT molecular complexity index is 835. The third-order valence-electron chi connectivity index (χ3n) is 4.86. The summed E-state index contributed by atoms with van der Waals surface area (Å²) in [6, 6.07) is 6.40. The zero-order valence-electron chi connectivity index (χ0n) is 17.2. The summed E-state index contributed by atoms with van der Waals surface area (Å²) in [6.45, 7) is 7.47. The Morgan fingerprint density at radius 1 is 1.14 bits per heavy atom. The maximum atomic E-state index is 13.0. The highest BCUT2D eigenvalue weighted by molar-refractivity contribution is 6.38. The third-order valence-corrected chi connectivity index (χ3v) is 4.86. The van der Waals surface area contributed by atoms with Gasteiger partial charge in [0.15, 0.2) is 5.78 Å². The van der Waals surface area contributed by atoms with Crippen molar-refractivity contribution in [1.82, 2.24) is 5.32 Å². The standard InChI is InChI=1S/C24H29NO4/c1-4-11-19-16-17(2)20-12-8-9-13-21(20)24(28)25-22(23(27)18(3)26)14-7-5-6-10-15-29-19/h4,8-9,11-13,16,22H,1,5-7,10,14-15H2,2-3H3,(H,25,28)/b17-16+,19-11+/t22-/m0/s1. The molecule has 1 aromatic carbocycles. The van der Waals surface area contributed by atoms with Crippen LogP contribution in [0.2, 0.25) is 0 Å². The number of Topliss-reactive ketones (excluding diaryl/α,β-unsaturated/α-hetero) is 2. The van der Waals surface area contributed by atoms with Gasteiger partial charge in [-0.3, -0.25) is 14.4 Å². The van der Waals surface area contributed by atoms with Gasteiger partial charge < -0.3 is 10.1 Å². The zero-order valence-corrected chi connectivity index (χ0v) is 17.2. The van der Waals surface area contributed by atoms with Gasteiger partial charge in [-0.15, -0.1) is 0 Å². The second-order valence-corrected chi connectivity index (χ2v) is 7.18. The summed E-state index contributed by atoms with van der Waals surface area (Å²) in [5.41, 5.74) is 2.05. The van der Waals surface area contributed by atoms with Crippen LogP contribution in [0.3, 0.4) is 0 Å². The fourth-order valence-corrected chi connectivity index (χ4v) is 3.31. The Labute approximate surface area is 172 Å². The minimum atomic E-state index is -0.796. The van der Waals surface area contributed by atoms with E-state index in [1.807, 2.05) is 25.1 Å². The van der Waals surface area contributed by atoms with Gasteiger partial charge in [-0.05, 0) is 49.1 Å². The van der Waals surface area contributed by atoms with E-state index in [2.05, 4.69) is 11.9 Å². The second-order valence-electron chi connectivity index (χ2n) is 7.18. The van der Waals surface area contributed by atoms with E-state index in [-0.39, 0.29) is 5.91 Å². The lowest BCUT2D eigenvalue weighted by atomic mass is 9.97. The number of hydrogen-bond donors (Lipinski definition) is 1. The summed E-state index contributed by atoms with van der Waals surface area (Å²) in [7, 11) is 0. The topological polar surface area (TPSA) is 72.5 Å². The largest absolute Gasteiger partial charge is 0.494 e. The van der Waals surface area contributed by atoms with Crippen molar-refractivity contribution in [3.05, 3.63) is 66.0 Å². The van der Waals surface area contributed by atoms with Crippen LogP contribution < -0.4 is 5.32 Å². The highest BCUT2D eigenvalue weighted by atomic mass is 16.5. The molecule has 0 bridgehead atoms. The van der Waals surface area contributed by atoms with Crippen LogP contribution in [-0.2, 0) is 14.3 Å². The number of carbonyl (C=O) groups excluding carboxylic acids is 3. The van der Waals surface area contributed by atoms with Crippen molar-refractivity contribution in [2.45, 2.75) is 52.0 Å². The normalized spacial score (nSPS) is 22.0.